The monoisotopic (exact) mass is 331 g/mol. The fraction of sp³-hybridized carbons (Fsp3) is 0.0667. The number of ether oxygens (including phenoxy) is 1. The first-order chi connectivity index (χ1) is 11.4. The van der Waals surface area contributed by atoms with Crippen LogP contribution in [0.15, 0.2) is 41.5 Å². The van der Waals surface area contributed by atoms with Crippen molar-refractivity contribution in [2.24, 2.45) is 5.10 Å². The molecule has 1 amide bonds. The van der Waals surface area contributed by atoms with Crippen LogP contribution in [0.4, 0.5) is 5.69 Å². The number of phenolic OH excluding ortho intramolecular Hbond substituents is 2. The van der Waals surface area contributed by atoms with Crippen LogP contribution in [-0.4, -0.2) is 34.4 Å². The van der Waals surface area contributed by atoms with Gasteiger partial charge in [-0.15, -0.1) is 0 Å². The van der Waals surface area contributed by atoms with Crippen molar-refractivity contribution < 1.29 is 24.7 Å². The van der Waals surface area contributed by atoms with Gasteiger partial charge in [0.05, 0.1) is 18.2 Å². The molecule has 9 heteroatoms. The molecule has 0 spiro atoms. The smallest absolute Gasteiger partial charge is 0.315 e. The van der Waals surface area contributed by atoms with E-state index in [1.165, 1.54) is 43.7 Å². The van der Waals surface area contributed by atoms with Gasteiger partial charge in [-0.3, -0.25) is 14.9 Å². The first kappa shape index (κ1) is 16.7. The van der Waals surface area contributed by atoms with Crippen LogP contribution in [0.5, 0.6) is 17.2 Å². The van der Waals surface area contributed by atoms with Gasteiger partial charge in [0.25, 0.3) is 5.91 Å². The van der Waals surface area contributed by atoms with Gasteiger partial charge < -0.3 is 14.9 Å². The number of phenols is 2. The zero-order valence-electron chi connectivity index (χ0n) is 12.5. The van der Waals surface area contributed by atoms with Gasteiger partial charge >= 0.3 is 5.69 Å². The molecule has 0 heterocycles. The Labute approximate surface area is 136 Å². The minimum Gasteiger partial charge on any atom is -0.508 e. The minimum atomic E-state index is -0.760. The molecule has 0 aliphatic rings. The first-order valence-corrected chi connectivity index (χ1v) is 6.60. The molecule has 2 aromatic carbocycles. The fourth-order valence-corrected chi connectivity index (χ4v) is 1.83. The third kappa shape index (κ3) is 3.77. The molecule has 9 nitrogen and oxygen atoms in total. The number of carbonyl (C=O) groups is 1. The summed E-state index contributed by atoms with van der Waals surface area (Å²) in [6.45, 7) is 0. The number of benzene rings is 2. The topological polar surface area (TPSA) is 134 Å². The summed E-state index contributed by atoms with van der Waals surface area (Å²) in [5, 5.41) is 33.4. The van der Waals surface area contributed by atoms with Crippen molar-refractivity contribution in [3.63, 3.8) is 0 Å². The fourth-order valence-electron chi connectivity index (χ4n) is 1.83. The Bertz CT molecular complexity index is 802. The molecule has 0 aliphatic carbocycles. The second kappa shape index (κ2) is 7.09. The Morgan fingerprint density at radius 3 is 2.54 bits per heavy atom. The van der Waals surface area contributed by atoms with Gasteiger partial charge in [0.2, 0.25) is 5.75 Å². The summed E-state index contributed by atoms with van der Waals surface area (Å²) in [6.07, 6.45) is 1.17. The third-order valence-corrected chi connectivity index (χ3v) is 3.00. The van der Waals surface area contributed by atoms with Crippen molar-refractivity contribution in [3.8, 4) is 17.2 Å². The molecule has 0 saturated heterocycles. The van der Waals surface area contributed by atoms with E-state index in [-0.39, 0.29) is 22.6 Å². The molecule has 0 fully saturated rings. The number of aromatic hydroxyl groups is 2. The summed E-state index contributed by atoms with van der Waals surface area (Å²) < 4.78 is 4.86. The average Bonchev–Trinajstić information content (AvgIpc) is 2.56. The molecular formula is C15H13N3O6. The lowest BCUT2D eigenvalue weighted by atomic mass is 10.2. The maximum Gasteiger partial charge on any atom is 0.315 e. The van der Waals surface area contributed by atoms with Gasteiger partial charge in [0.1, 0.15) is 5.75 Å². The number of nitrogens with one attached hydrogen (secondary N) is 1. The number of nitro groups is 1. The molecule has 3 N–H and O–H groups in total. The summed E-state index contributed by atoms with van der Waals surface area (Å²) >= 11 is 0. The van der Waals surface area contributed by atoms with Crippen LogP contribution < -0.4 is 10.2 Å². The van der Waals surface area contributed by atoms with Crippen LogP contribution in [0.2, 0.25) is 0 Å². The molecule has 24 heavy (non-hydrogen) atoms. The molecule has 0 bridgehead atoms. The van der Waals surface area contributed by atoms with Crippen LogP contribution in [0, 0.1) is 10.1 Å². The summed E-state index contributed by atoms with van der Waals surface area (Å²) in [7, 11) is 1.26. The second-order valence-electron chi connectivity index (χ2n) is 4.59. The number of nitrogens with zero attached hydrogens (tertiary/aromatic N) is 2. The quantitative estimate of drug-likeness (QED) is 0.434. The van der Waals surface area contributed by atoms with Gasteiger partial charge in [-0.1, -0.05) is 0 Å². The van der Waals surface area contributed by atoms with E-state index in [0.717, 1.165) is 6.07 Å². The van der Waals surface area contributed by atoms with E-state index in [4.69, 9.17) is 9.84 Å². The van der Waals surface area contributed by atoms with Crippen molar-refractivity contribution >= 4 is 17.8 Å². The van der Waals surface area contributed by atoms with Crippen LogP contribution >= 0.6 is 0 Å². The van der Waals surface area contributed by atoms with E-state index >= 15 is 0 Å². The van der Waals surface area contributed by atoms with Crippen LogP contribution in [0.25, 0.3) is 0 Å². The van der Waals surface area contributed by atoms with Crippen LogP contribution in [0.3, 0.4) is 0 Å². The van der Waals surface area contributed by atoms with E-state index in [0.29, 0.717) is 0 Å². The Balaban J connectivity index is 2.16. The number of rotatable bonds is 5. The Kier molecular flexibility index (Phi) is 4.95. The van der Waals surface area contributed by atoms with Gasteiger partial charge in [0.15, 0.2) is 5.75 Å². The number of hydrazone groups is 1. The highest BCUT2D eigenvalue weighted by Crippen LogP contribution is 2.36. The van der Waals surface area contributed by atoms with Gasteiger partial charge in [-0.2, -0.15) is 5.10 Å². The van der Waals surface area contributed by atoms with Crippen LogP contribution in [0.1, 0.15) is 15.9 Å². The lowest BCUT2D eigenvalue weighted by Gasteiger charge is -2.05. The molecule has 2 aromatic rings. The minimum absolute atomic E-state index is 0.0264. The van der Waals surface area contributed by atoms with E-state index in [9.17, 15) is 20.0 Å². The Morgan fingerprint density at radius 2 is 1.96 bits per heavy atom. The summed E-state index contributed by atoms with van der Waals surface area (Å²) in [4.78, 5) is 22.0. The lowest BCUT2D eigenvalue weighted by Crippen LogP contribution is -2.17. The summed E-state index contributed by atoms with van der Waals surface area (Å²) in [5.74, 6) is -1.17. The van der Waals surface area contributed by atoms with Crippen molar-refractivity contribution in [2.75, 3.05) is 7.11 Å². The SMILES string of the molecule is COc1cc(/C=N\NC(=O)c2ccc(O)cc2)cc([N+](=O)[O-])c1O. The summed E-state index contributed by atoms with van der Waals surface area (Å²) in [5.41, 5.74) is 2.23. The molecule has 0 aliphatic heterocycles. The zero-order valence-corrected chi connectivity index (χ0v) is 12.5. The first-order valence-electron chi connectivity index (χ1n) is 6.60. The zero-order chi connectivity index (χ0) is 17.7. The van der Waals surface area contributed by atoms with E-state index < -0.39 is 22.3 Å². The van der Waals surface area contributed by atoms with Crippen molar-refractivity contribution in [1.82, 2.24) is 5.43 Å². The number of hydrogen-bond acceptors (Lipinski definition) is 7. The standard InChI is InChI=1S/C15H13N3O6/c1-24-13-7-9(6-12(14(13)20)18(22)23)8-16-17-15(21)10-2-4-11(19)5-3-10/h2-8,19-20H,1H3,(H,17,21)/b16-8-. The largest absolute Gasteiger partial charge is 0.508 e. The molecule has 0 atom stereocenters. The molecule has 124 valence electrons. The van der Waals surface area contributed by atoms with Crippen molar-refractivity contribution in [1.29, 1.82) is 0 Å². The normalized spacial score (nSPS) is 10.5. The molecule has 0 aromatic heterocycles. The highest BCUT2D eigenvalue weighted by molar-refractivity contribution is 5.95. The number of methoxy groups -OCH3 is 1. The van der Waals surface area contributed by atoms with Crippen LogP contribution in [-0.2, 0) is 0 Å². The van der Waals surface area contributed by atoms with Gasteiger partial charge in [-0.05, 0) is 30.3 Å². The maximum absolute atomic E-state index is 11.8. The number of hydrogen-bond donors (Lipinski definition) is 3. The maximum atomic E-state index is 11.8. The Hall–Kier alpha value is -3.62. The third-order valence-electron chi connectivity index (χ3n) is 3.00. The number of amides is 1. The molecule has 0 saturated carbocycles. The molecule has 0 unspecified atom stereocenters. The van der Waals surface area contributed by atoms with E-state index in [1.807, 2.05) is 0 Å². The Morgan fingerprint density at radius 1 is 1.29 bits per heavy atom. The van der Waals surface area contributed by atoms with E-state index in [2.05, 4.69) is 10.5 Å². The van der Waals surface area contributed by atoms with E-state index in [1.54, 1.807) is 0 Å². The second-order valence-corrected chi connectivity index (χ2v) is 4.59. The highest BCUT2D eigenvalue weighted by atomic mass is 16.6. The molecule has 2 rings (SSSR count). The lowest BCUT2D eigenvalue weighted by molar-refractivity contribution is -0.386. The van der Waals surface area contributed by atoms with Crippen molar-refractivity contribution in [3.05, 3.63) is 57.6 Å². The predicted octanol–water partition coefficient (Wildman–Crippen LogP) is 1.78. The highest BCUT2D eigenvalue weighted by Gasteiger charge is 2.19. The van der Waals surface area contributed by atoms with Gasteiger partial charge in [0, 0.05) is 17.2 Å². The van der Waals surface area contributed by atoms with Gasteiger partial charge in [-0.25, -0.2) is 5.43 Å². The average molecular weight is 331 g/mol. The molecular weight excluding hydrogens is 318 g/mol. The summed E-state index contributed by atoms with van der Waals surface area (Å²) in [6, 6.07) is 7.95. The number of carbonyl (C=O) groups excluding carboxylic acids is 1. The molecule has 0 radical (unpaired) electrons. The van der Waals surface area contributed by atoms with Crippen molar-refractivity contribution in [2.45, 2.75) is 0 Å². The predicted molar refractivity (Wildman–Crippen MR) is 84.5 cm³/mol. The number of nitro benzene ring substituents is 1.